The molecule has 0 radical (unpaired) electrons. The summed E-state index contributed by atoms with van der Waals surface area (Å²) >= 11 is 0. The standard InChI is InChI=1S/C5H14N2.H2/c1-5(6)4-7(2)3;/h5H,4,6H2,1-3H3;1H. The van der Waals surface area contributed by atoms with Crippen LogP contribution in [0.4, 0.5) is 0 Å². The smallest absolute Gasteiger partial charge is 0.0138 e. The van der Waals surface area contributed by atoms with Crippen LogP contribution in [0.5, 0.6) is 0 Å². The van der Waals surface area contributed by atoms with E-state index >= 15 is 0 Å². The van der Waals surface area contributed by atoms with Gasteiger partial charge in [0, 0.05) is 14.0 Å². The van der Waals surface area contributed by atoms with Gasteiger partial charge in [0.05, 0.1) is 0 Å². The second-order valence-electron chi connectivity index (χ2n) is 2.24. The van der Waals surface area contributed by atoms with Gasteiger partial charge in [-0.05, 0) is 21.0 Å². The van der Waals surface area contributed by atoms with Gasteiger partial charge in [-0.15, -0.1) is 0 Å². The molecule has 0 aliphatic carbocycles. The second kappa shape index (κ2) is 2.99. The minimum atomic E-state index is 0. The maximum atomic E-state index is 5.45. The fourth-order valence-corrected chi connectivity index (χ4v) is 0.576. The van der Waals surface area contributed by atoms with E-state index in [9.17, 15) is 0 Å². The normalized spacial score (nSPS) is 15.0. The Morgan fingerprint density at radius 3 is 2.14 bits per heavy atom. The summed E-state index contributed by atoms with van der Waals surface area (Å²) in [6, 6.07) is 0.301. The lowest BCUT2D eigenvalue weighted by atomic mass is 10.3. The zero-order valence-corrected chi connectivity index (χ0v) is 5.31. The van der Waals surface area contributed by atoms with Gasteiger partial charge in [0.1, 0.15) is 0 Å². The second-order valence-corrected chi connectivity index (χ2v) is 2.24. The SMILES string of the molecule is CC(N)CN(C)C.[HH]. The van der Waals surface area contributed by atoms with Crippen molar-refractivity contribution in [2.24, 2.45) is 5.73 Å². The van der Waals surface area contributed by atoms with E-state index < -0.39 is 0 Å². The third-order valence-electron chi connectivity index (χ3n) is 0.653. The molecule has 0 bridgehead atoms. The Balaban J connectivity index is 0. The summed E-state index contributed by atoms with van der Waals surface area (Å²) < 4.78 is 0. The van der Waals surface area contributed by atoms with E-state index in [-0.39, 0.29) is 1.43 Å². The van der Waals surface area contributed by atoms with Crippen LogP contribution in [-0.2, 0) is 0 Å². The van der Waals surface area contributed by atoms with Crippen molar-refractivity contribution in [2.75, 3.05) is 20.6 Å². The summed E-state index contributed by atoms with van der Waals surface area (Å²) in [5.74, 6) is 0. The maximum absolute atomic E-state index is 5.45. The monoisotopic (exact) mass is 104 g/mol. The van der Waals surface area contributed by atoms with Crippen LogP contribution in [0.3, 0.4) is 0 Å². The van der Waals surface area contributed by atoms with Crippen LogP contribution in [0.2, 0.25) is 0 Å². The van der Waals surface area contributed by atoms with Crippen LogP contribution in [0.1, 0.15) is 8.35 Å². The first-order valence-electron chi connectivity index (χ1n) is 2.53. The van der Waals surface area contributed by atoms with Crippen LogP contribution in [0.25, 0.3) is 0 Å². The average molecular weight is 104 g/mol. The summed E-state index contributed by atoms with van der Waals surface area (Å²) in [5.41, 5.74) is 5.45. The Morgan fingerprint density at radius 2 is 2.14 bits per heavy atom. The topological polar surface area (TPSA) is 29.3 Å². The van der Waals surface area contributed by atoms with E-state index in [1.165, 1.54) is 0 Å². The number of nitrogens with two attached hydrogens (primary N) is 1. The van der Waals surface area contributed by atoms with Crippen LogP contribution in [0.15, 0.2) is 0 Å². The molecule has 0 rings (SSSR count). The molecule has 0 aromatic rings. The highest BCUT2D eigenvalue weighted by atomic mass is 15.1. The van der Waals surface area contributed by atoms with Crippen molar-refractivity contribution in [1.82, 2.24) is 4.90 Å². The lowest BCUT2D eigenvalue weighted by molar-refractivity contribution is 0.383. The van der Waals surface area contributed by atoms with Crippen molar-refractivity contribution < 1.29 is 1.43 Å². The molecule has 0 fully saturated rings. The Hall–Kier alpha value is -0.0800. The summed E-state index contributed by atoms with van der Waals surface area (Å²) in [7, 11) is 4.03. The van der Waals surface area contributed by atoms with E-state index in [1.54, 1.807) is 0 Å². The van der Waals surface area contributed by atoms with Gasteiger partial charge in [0.15, 0.2) is 0 Å². The van der Waals surface area contributed by atoms with Crippen LogP contribution in [-0.4, -0.2) is 31.6 Å². The molecule has 2 N–H and O–H groups in total. The molecule has 2 nitrogen and oxygen atoms in total. The van der Waals surface area contributed by atoms with E-state index in [4.69, 9.17) is 5.73 Å². The van der Waals surface area contributed by atoms with E-state index in [0.29, 0.717) is 6.04 Å². The summed E-state index contributed by atoms with van der Waals surface area (Å²) in [5, 5.41) is 0. The molecule has 0 aliphatic rings. The largest absolute Gasteiger partial charge is 0.327 e. The number of rotatable bonds is 2. The molecular formula is C5H16N2. The van der Waals surface area contributed by atoms with Gasteiger partial charge < -0.3 is 10.6 Å². The van der Waals surface area contributed by atoms with E-state index in [2.05, 4.69) is 4.90 Å². The first-order valence-corrected chi connectivity index (χ1v) is 2.53. The Bertz CT molecular complexity index is 39.7. The molecule has 0 heterocycles. The van der Waals surface area contributed by atoms with Crippen LogP contribution < -0.4 is 5.73 Å². The van der Waals surface area contributed by atoms with Crippen molar-refractivity contribution >= 4 is 0 Å². The fourth-order valence-electron chi connectivity index (χ4n) is 0.576. The van der Waals surface area contributed by atoms with Crippen molar-refractivity contribution in [3.05, 3.63) is 0 Å². The van der Waals surface area contributed by atoms with Gasteiger partial charge in [-0.1, -0.05) is 0 Å². The minimum Gasteiger partial charge on any atom is -0.327 e. The molecule has 0 aromatic carbocycles. The molecule has 2 heteroatoms. The molecule has 1 unspecified atom stereocenters. The number of likely N-dealkylation sites (N-methyl/N-ethyl adjacent to an activating group) is 1. The van der Waals surface area contributed by atoms with Gasteiger partial charge in [0.2, 0.25) is 0 Å². The Kier molecular flexibility index (Phi) is 2.96. The molecule has 7 heavy (non-hydrogen) atoms. The fraction of sp³-hybridized carbons (Fsp3) is 1.00. The lowest BCUT2D eigenvalue weighted by Gasteiger charge is -2.11. The highest BCUT2D eigenvalue weighted by Crippen LogP contribution is 1.76. The van der Waals surface area contributed by atoms with Crippen LogP contribution in [0, 0.1) is 0 Å². The summed E-state index contributed by atoms with van der Waals surface area (Å²) in [6.45, 7) is 2.97. The lowest BCUT2D eigenvalue weighted by Crippen LogP contribution is -2.29. The predicted molar refractivity (Wildman–Crippen MR) is 34.3 cm³/mol. The number of nitrogens with zero attached hydrogens (tertiary/aromatic N) is 1. The third-order valence-corrected chi connectivity index (χ3v) is 0.653. The highest BCUT2D eigenvalue weighted by molar-refractivity contribution is 4.54. The Morgan fingerprint density at radius 1 is 1.71 bits per heavy atom. The van der Waals surface area contributed by atoms with Crippen LogP contribution >= 0.6 is 0 Å². The van der Waals surface area contributed by atoms with Crippen molar-refractivity contribution in [1.29, 1.82) is 0 Å². The molecular weight excluding hydrogens is 88.1 g/mol. The summed E-state index contributed by atoms with van der Waals surface area (Å²) in [6.07, 6.45) is 0. The van der Waals surface area contributed by atoms with Gasteiger partial charge in [0.25, 0.3) is 0 Å². The molecule has 0 aliphatic heterocycles. The quantitative estimate of drug-likeness (QED) is 0.540. The first kappa shape index (κ1) is 6.92. The molecule has 46 valence electrons. The highest BCUT2D eigenvalue weighted by Gasteiger charge is 1.92. The Labute approximate surface area is 46.8 Å². The minimum absolute atomic E-state index is 0. The van der Waals surface area contributed by atoms with Crippen molar-refractivity contribution in [2.45, 2.75) is 13.0 Å². The first-order chi connectivity index (χ1) is 3.13. The van der Waals surface area contributed by atoms with Gasteiger partial charge in [-0.3, -0.25) is 0 Å². The molecule has 1 atom stereocenters. The average Bonchev–Trinajstić information content (AvgIpc) is 1.27. The molecule has 0 saturated carbocycles. The van der Waals surface area contributed by atoms with Gasteiger partial charge >= 0.3 is 0 Å². The van der Waals surface area contributed by atoms with Crippen molar-refractivity contribution in [3.8, 4) is 0 Å². The predicted octanol–water partition coefficient (Wildman–Crippen LogP) is 0.141. The molecule has 0 saturated heterocycles. The van der Waals surface area contributed by atoms with Gasteiger partial charge in [-0.25, -0.2) is 0 Å². The zero-order valence-electron chi connectivity index (χ0n) is 5.31. The summed E-state index contributed by atoms with van der Waals surface area (Å²) in [4.78, 5) is 2.07. The zero-order chi connectivity index (χ0) is 5.86. The maximum Gasteiger partial charge on any atom is 0.0138 e. The van der Waals surface area contributed by atoms with Gasteiger partial charge in [-0.2, -0.15) is 0 Å². The van der Waals surface area contributed by atoms with E-state index in [1.807, 2.05) is 21.0 Å². The number of hydrogen-bond acceptors (Lipinski definition) is 2. The number of hydrogen-bond donors (Lipinski definition) is 1. The molecule has 0 spiro atoms. The molecule has 0 amide bonds. The molecule has 0 aromatic heterocycles. The van der Waals surface area contributed by atoms with Crippen molar-refractivity contribution in [3.63, 3.8) is 0 Å². The third kappa shape index (κ3) is 5.92. The van der Waals surface area contributed by atoms with E-state index in [0.717, 1.165) is 6.54 Å².